The maximum absolute atomic E-state index is 12.5. The molecule has 7 heteroatoms. The van der Waals surface area contributed by atoms with Gasteiger partial charge in [0, 0.05) is 6.04 Å². The molecule has 1 aromatic carbocycles. The van der Waals surface area contributed by atoms with Crippen LogP contribution in [0.2, 0.25) is 0 Å². The summed E-state index contributed by atoms with van der Waals surface area (Å²) in [5, 5.41) is 6.70. The molecular weight excluding hydrogens is 336 g/mol. The molecule has 7 nitrogen and oxygen atoms in total. The Labute approximate surface area is 151 Å². The summed E-state index contributed by atoms with van der Waals surface area (Å²) in [4.78, 5) is 24.4. The number of para-hydroxylation sites is 1. The van der Waals surface area contributed by atoms with Gasteiger partial charge in [0.25, 0.3) is 5.91 Å². The largest absolute Gasteiger partial charge is 0.488 e. The van der Waals surface area contributed by atoms with E-state index in [2.05, 4.69) is 10.5 Å². The average Bonchev–Trinajstić information content (AvgIpc) is 3.38. The molecular formula is C19H22N2O5. The van der Waals surface area contributed by atoms with Crippen LogP contribution in [0.3, 0.4) is 0 Å². The highest BCUT2D eigenvalue weighted by Gasteiger charge is 2.28. The molecule has 1 atom stereocenters. The van der Waals surface area contributed by atoms with Gasteiger partial charge in [0.1, 0.15) is 23.7 Å². The van der Waals surface area contributed by atoms with Crippen LogP contribution in [0.15, 0.2) is 28.8 Å². The Bertz CT molecular complexity index is 791. The maximum atomic E-state index is 12.5. The fourth-order valence-corrected chi connectivity index (χ4v) is 2.44. The van der Waals surface area contributed by atoms with Crippen LogP contribution in [0.4, 0.5) is 0 Å². The van der Waals surface area contributed by atoms with Crippen LogP contribution in [0.1, 0.15) is 47.1 Å². The van der Waals surface area contributed by atoms with Gasteiger partial charge in [-0.3, -0.25) is 4.79 Å². The molecule has 1 aliphatic rings. The lowest BCUT2D eigenvalue weighted by Crippen LogP contribution is -2.37. The highest BCUT2D eigenvalue weighted by molar-refractivity contribution is 5.94. The normalized spacial score (nSPS) is 14.6. The first-order chi connectivity index (χ1) is 12.5. The monoisotopic (exact) mass is 358 g/mol. The molecule has 0 radical (unpaired) electrons. The smallest absolute Gasteiger partial charge is 0.342 e. The van der Waals surface area contributed by atoms with Crippen LogP contribution in [0.5, 0.6) is 5.75 Å². The number of hydrogen-bond donors (Lipinski definition) is 1. The summed E-state index contributed by atoms with van der Waals surface area (Å²) in [5.74, 6) is 0.174. The average molecular weight is 358 g/mol. The fraction of sp³-hybridized carbons (Fsp3) is 0.421. The molecule has 138 valence electrons. The van der Waals surface area contributed by atoms with E-state index in [1.54, 1.807) is 38.1 Å². The van der Waals surface area contributed by atoms with Gasteiger partial charge < -0.3 is 19.3 Å². The van der Waals surface area contributed by atoms with Crippen LogP contribution in [0, 0.1) is 13.8 Å². The first-order valence-electron chi connectivity index (χ1n) is 8.60. The molecule has 0 unspecified atom stereocenters. The lowest BCUT2D eigenvalue weighted by atomic mass is 10.2. The number of nitrogens with one attached hydrogen (secondary N) is 1. The molecule has 1 amide bonds. The second kappa shape index (κ2) is 7.59. The summed E-state index contributed by atoms with van der Waals surface area (Å²) in [7, 11) is 0. The molecule has 2 aromatic rings. The Morgan fingerprint density at radius 3 is 2.69 bits per heavy atom. The summed E-state index contributed by atoms with van der Waals surface area (Å²) < 4.78 is 16.2. The lowest BCUT2D eigenvalue weighted by molar-refractivity contribution is -0.129. The van der Waals surface area contributed by atoms with E-state index in [4.69, 9.17) is 14.0 Å². The third kappa shape index (κ3) is 4.22. The predicted molar refractivity (Wildman–Crippen MR) is 92.8 cm³/mol. The molecule has 0 bridgehead atoms. The molecule has 0 saturated heterocycles. The van der Waals surface area contributed by atoms with Gasteiger partial charge >= 0.3 is 5.97 Å². The molecule has 1 aromatic heterocycles. The number of carbonyl (C=O) groups excluding carboxylic acids is 2. The standard InChI is InChI=1S/C19H22N2O5/c1-11-16(12(2)26-21-11)10-24-17-7-5-4-6-15(17)19(23)25-13(3)18(22)20-14-8-9-14/h4-7,13-14H,8-10H2,1-3H3,(H,20,22)/t13-/m0/s1. The Kier molecular flexibility index (Phi) is 5.25. The Morgan fingerprint density at radius 1 is 1.31 bits per heavy atom. The van der Waals surface area contributed by atoms with E-state index in [1.165, 1.54) is 0 Å². The molecule has 0 aliphatic heterocycles. The molecule has 0 spiro atoms. The van der Waals surface area contributed by atoms with Crippen LogP contribution < -0.4 is 10.1 Å². The van der Waals surface area contributed by atoms with E-state index in [0.717, 1.165) is 24.1 Å². The van der Waals surface area contributed by atoms with E-state index in [-0.39, 0.29) is 24.1 Å². The zero-order valence-electron chi connectivity index (χ0n) is 15.1. The van der Waals surface area contributed by atoms with Crippen molar-refractivity contribution in [1.29, 1.82) is 0 Å². The first-order valence-corrected chi connectivity index (χ1v) is 8.60. The second-order valence-electron chi connectivity index (χ2n) is 6.42. The van der Waals surface area contributed by atoms with Crippen molar-refractivity contribution in [1.82, 2.24) is 10.5 Å². The Balaban J connectivity index is 1.65. The third-order valence-corrected chi connectivity index (χ3v) is 4.24. The van der Waals surface area contributed by atoms with E-state index in [9.17, 15) is 9.59 Å². The van der Waals surface area contributed by atoms with Crippen LogP contribution in [-0.4, -0.2) is 29.2 Å². The van der Waals surface area contributed by atoms with Crippen molar-refractivity contribution in [2.45, 2.75) is 52.4 Å². The molecule has 3 rings (SSSR count). The third-order valence-electron chi connectivity index (χ3n) is 4.24. The first kappa shape index (κ1) is 18.0. The minimum absolute atomic E-state index is 0.217. The van der Waals surface area contributed by atoms with Gasteiger partial charge in [-0.25, -0.2) is 4.79 Å². The van der Waals surface area contributed by atoms with Crippen LogP contribution in [-0.2, 0) is 16.1 Å². The van der Waals surface area contributed by atoms with Gasteiger partial charge in [0.05, 0.1) is 11.3 Å². The molecule has 1 saturated carbocycles. The Hall–Kier alpha value is -2.83. The maximum Gasteiger partial charge on any atom is 0.342 e. The topological polar surface area (TPSA) is 90.7 Å². The number of esters is 1. The minimum atomic E-state index is -0.862. The van der Waals surface area contributed by atoms with Crippen molar-refractivity contribution in [2.75, 3.05) is 0 Å². The van der Waals surface area contributed by atoms with Crippen molar-refractivity contribution >= 4 is 11.9 Å². The Morgan fingerprint density at radius 2 is 2.04 bits per heavy atom. The zero-order chi connectivity index (χ0) is 18.7. The highest BCUT2D eigenvalue weighted by Crippen LogP contribution is 2.23. The number of benzene rings is 1. The van der Waals surface area contributed by atoms with E-state index < -0.39 is 12.1 Å². The molecule has 1 fully saturated rings. The molecule has 1 N–H and O–H groups in total. The number of carbonyl (C=O) groups is 2. The minimum Gasteiger partial charge on any atom is -0.488 e. The van der Waals surface area contributed by atoms with Crippen molar-refractivity contribution in [3.05, 3.63) is 46.8 Å². The number of aryl methyl sites for hydroxylation is 2. The van der Waals surface area contributed by atoms with Gasteiger partial charge in [0.15, 0.2) is 6.10 Å². The SMILES string of the molecule is Cc1noc(C)c1COc1ccccc1C(=O)O[C@@H](C)C(=O)NC1CC1. The van der Waals surface area contributed by atoms with Gasteiger partial charge in [-0.2, -0.15) is 0 Å². The predicted octanol–water partition coefficient (Wildman–Crippen LogP) is 2.69. The quantitative estimate of drug-likeness (QED) is 0.765. The molecule has 1 aliphatic carbocycles. The van der Waals surface area contributed by atoms with E-state index in [1.807, 2.05) is 6.92 Å². The van der Waals surface area contributed by atoms with Crippen molar-refractivity contribution in [2.24, 2.45) is 0 Å². The zero-order valence-corrected chi connectivity index (χ0v) is 15.1. The van der Waals surface area contributed by atoms with E-state index >= 15 is 0 Å². The van der Waals surface area contributed by atoms with Gasteiger partial charge in [0.2, 0.25) is 0 Å². The summed E-state index contributed by atoms with van der Waals surface area (Å²) in [5.41, 5.74) is 1.85. The number of ether oxygens (including phenoxy) is 2. The summed E-state index contributed by atoms with van der Waals surface area (Å²) in [6.07, 6.45) is 1.09. The number of amides is 1. The summed E-state index contributed by atoms with van der Waals surface area (Å²) >= 11 is 0. The van der Waals surface area contributed by atoms with E-state index in [0.29, 0.717) is 11.5 Å². The molecule has 1 heterocycles. The molecule has 26 heavy (non-hydrogen) atoms. The van der Waals surface area contributed by atoms with Gasteiger partial charge in [-0.15, -0.1) is 0 Å². The van der Waals surface area contributed by atoms with Crippen molar-refractivity contribution in [3.8, 4) is 5.75 Å². The summed E-state index contributed by atoms with van der Waals surface area (Å²) in [6.45, 7) is 5.42. The highest BCUT2D eigenvalue weighted by atomic mass is 16.5. The van der Waals surface area contributed by atoms with Crippen LogP contribution >= 0.6 is 0 Å². The van der Waals surface area contributed by atoms with Gasteiger partial charge in [-0.05, 0) is 45.7 Å². The number of rotatable bonds is 7. The van der Waals surface area contributed by atoms with Crippen molar-refractivity contribution < 1.29 is 23.6 Å². The van der Waals surface area contributed by atoms with Gasteiger partial charge in [-0.1, -0.05) is 17.3 Å². The second-order valence-corrected chi connectivity index (χ2v) is 6.42. The summed E-state index contributed by atoms with van der Waals surface area (Å²) in [6, 6.07) is 6.99. The lowest BCUT2D eigenvalue weighted by Gasteiger charge is -2.15. The fourth-order valence-electron chi connectivity index (χ4n) is 2.44. The van der Waals surface area contributed by atoms with Crippen LogP contribution in [0.25, 0.3) is 0 Å². The number of nitrogens with zero attached hydrogens (tertiary/aromatic N) is 1. The van der Waals surface area contributed by atoms with Crippen molar-refractivity contribution in [3.63, 3.8) is 0 Å². The number of hydrogen-bond acceptors (Lipinski definition) is 6. The number of aromatic nitrogens is 1.